The van der Waals surface area contributed by atoms with Gasteiger partial charge in [-0.1, -0.05) is 41.9 Å². The number of aliphatic hydroxyl groups is 2. The van der Waals surface area contributed by atoms with Crippen LogP contribution in [0.1, 0.15) is 22.4 Å². The zero-order valence-electron chi connectivity index (χ0n) is 11.0. The smallest absolute Gasteiger partial charge is 0.172 e. The number of hydrogen-bond donors (Lipinski definition) is 3. The van der Waals surface area contributed by atoms with Gasteiger partial charge in [-0.25, -0.2) is 0 Å². The molecule has 5 heteroatoms. The summed E-state index contributed by atoms with van der Waals surface area (Å²) in [4.78, 5) is 3.95. The number of aromatic nitrogens is 1. The Kier molecular flexibility index (Phi) is 4.28. The molecule has 2 aromatic rings. The highest BCUT2D eigenvalue weighted by Crippen LogP contribution is 2.39. The first-order chi connectivity index (χ1) is 9.45. The highest BCUT2D eigenvalue weighted by molar-refractivity contribution is 6.23. The van der Waals surface area contributed by atoms with Crippen LogP contribution in [0.3, 0.4) is 0 Å². The second-order valence-corrected chi connectivity index (χ2v) is 5.30. The summed E-state index contributed by atoms with van der Waals surface area (Å²) >= 11 is 6.21. The number of alkyl halides is 1. The predicted molar refractivity (Wildman–Crippen MR) is 76.5 cm³/mol. The minimum Gasteiger partial charge on any atom is -0.506 e. The summed E-state index contributed by atoms with van der Waals surface area (Å²) in [5.74, 6) is -0.190. The third kappa shape index (κ3) is 2.93. The van der Waals surface area contributed by atoms with Gasteiger partial charge in [0.1, 0.15) is 5.75 Å². The average Bonchev–Trinajstić information content (AvgIpc) is 2.42. The molecule has 3 N–H and O–H groups in total. The van der Waals surface area contributed by atoms with Gasteiger partial charge < -0.3 is 15.3 Å². The number of hydrogen-bond acceptors (Lipinski definition) is 4. The maximum Gasteiger partial charge on any atom is 0.172 e. The first-order valence-corrected chi connectivity index (χ1v) is 6.57. The SMILES string of the molecule is Cc1ncc(CO)c(C(O)(Cl)Cc2ccccc2)c1O. The van der Waals surface area contributed by atoms with E-state index in [1.165, 1.54) is 6.20 Å². The molecule has 0 saturated heterocycles. The Morgan fingerprint density at radius 1 is 1.25 bits per heavy atom. The summed E-state index contributed by atoms with van der Waals surface area (Å²) in [6.07, 6.45) is 1.52. The Balaban J connectivity index is 2.46. The molecule has 2 rings (SSSR count). The maximum absolute atomic E-state index is 10.5. The molecule has 0 saturated carbocycles. The quantitative estimate of drug-likeness (QED) is 0.756. The van der Waals surface area contributed by atoms with E-state index in [2.05, 4.69) is 4.98 Å². The van der Waals surface area contributed by atoms with E-state index in [0.717, 1.165) is 5.56 Å². The fourth-order valence-electron chi connectivity index (χ4n) is 2.14. The summed E-state index contributed by atoms with van der Waals surface area (Å²) in [5, 5.41) is 28.2. The average molecular weight is 294 g/mol. The summed E-state index contributed by atoms with van der Waals surface area (Å²) in [7, 11) is 0. The Morgan fingerprint density at radius 3 is 2.50 bits per heavy atom. The van der Waals surface area contributed by atoms with Crippen molar-refractivity contribution >= 4 is 11.6 Å². The molecule has 1 unspecified atom stereocenters. The van der Waals surface area contributed by atoms with E-state index in [4.69, 9.17) is 11.6 Å². The second-order valence-electron chi connectivity index (χ2n) is 4.67. The molecule has 1 atom stereocenters. The van der Waals surface area contributed by atoms with Crippen molar-refractivity contribution in [2.24, 2.45) is 0 Å². The molecule has 1 aromatic heterocycles. The molecule has 0 fully saturated rings. The van der Waals surface area contributed by atoms with Crippen LogP contribution in [0.2, 0.25) is 0 Å². The fraction of sp³-hybridized carbons (Fsp3) is 0.267. The first kappa shape index (κ1) is 14.8. The molecule has 0 bridgehead atoms. The van der Waals surface area contributed by atoms with Crippen LogP contribution in [0.25, 0.3) is 0 Å². The van der Waals surface area contributed by atoms with E-state index >= 15 is 0 Å². The molecule has 0 aliphatic heterocycles. The number of halogens is 1. The van der Waals surface area contributed by atoms with E-state index in [1.807, 2.05) is 30.3 Å². The monoisotopic (exact) mass is 293 g/mol. The summed E-state index contributed by atoms with van der Waals surface area (Å²) in [6.45, 7) is 1.25. The molecule has 0 spiro atoms. The molecular formula is C15H16ClNO3. The van der Waals surface area contributed by atoms with Gasteiger partial charge in [0.05, 0.1) is 12.3 Å². The van der Waals surface area contributed by atoms with Crippen molar-refractivity contribution in [1.82, 2.24) is 4.98 Å². The van der Waals surface area contributed by atoms with Crippen molar-refractivity contribution in [2.75, 3.05) is 0 Å². The van der Waals surface area contributed by atoms with E-state index in [9.17, 15) is 15.3 Å². The lowest BCUT2D eigenvalue weighted by Gasteiger charge is -2.25. The summed E-state index contributed by atoms with van der Waals surface area (Å²) < 4.78 is 0. The van der Waals surface area contributed by atoms with E-state index in [1.54, 1.807) is 6.92 Å². The second kappa shape index (κ2) is 5.79. The number of aliphatic hydroxyl groups excluding tert-OH is 1. The van der Waals surface area contributed by atoms with Gasteiger partial charge in [-0.2, -0.15) is 0 Å². The van der Waals surface area contributed by atoms with Gasteiger partial charge in [-0.05, 0) is 12.5 Å². The zero-order valence-corrected chi connectivity index (χ0v) is 11.8. The minimum absolute atomic E-state index is 0.109. The van der Waals surface area contributed by atoms with Crippen molar-refractivity contribution in [2.45, 2.75) is 25.0 Å². The lowest BCUT2D eigenvalue weighted by molar-refractivity contribution is 0.122. The third-order valence-corrected chi connectivity index (χ3v) is 3.47. The molecule has 1 heterocycles. The van der Waals surface area contributed by atoms with Gasteiger partial charge in [0.25, 0.3) is 0 Å². The van der Waals surface area contributed by atoms with Gasteiger partial charge in [0.15, 0.2) is 5.06 Å². The predicted octanol–water partition coefficient (Wildman–Crippen LogP) is 2.21. The van der Waals surface area contributed by atoms with Crippen LogP contribution in [0, 0.1) is 6.92 Å². The van der Waals surface area contributed by atoms with Crippen LogP contribution >= 0.6 is 11.6 Å². The van der Waals surface area contributed by atoms with Crippen molar-refractivity contribution in [3.8, 4) is 5.75 Å². The van der Waals surface area contributed by atoms with Crippen molar-refractivity contribution in [3.05, 3.63) is 58.9 Å². The van der Waals surface area contributed by atoms with E-state index in [0.29, 0.717) is 11.3 Å². The fourth-order valence-corrected chi connectivity index (χ4v) is 2.50. The molecule has 0 aliphatic rings. The van der Waals surface area contributed by atoms with Crippen LogP contribution in [0.5, 0.6) is 5.75 Å². The van der Waals surface area contributed by atoms with Crippen LogP contribution in [-0.2, 0) is 18.1 Å². The van der Waals surface area contributed by atoms with Crippen LogP contribution < -0.4 is 0 Å². The number of rotatable bonds is 4. The number of pyridine rings is 1. The Bertz CT molecular complexity index is 600. The number of benzene rings is 1. The highest BCUT2D eigenvalue weighted by atomic mass is 35.5. The Morgan fingerprint density at radius 2 is 1.90 bits per heavy atom. The molecule has 20 heavy (non-hydrogen) atoms. The topological polar surface area (TPSA) is 73.6 Å². The Labute approximate surface area is 122 Å². The van der Waals surface area contributed by atoms with Gasteiger partial charge in [-0.3, -0.25) is 4.98 Å². The van der Waals surface area contributed by atoms with Crippen LogP contribution in [0.4, 0.5) is 0 Å². The largest absolute Gasteiger partial charge is 0.506 e. The lowest BCUT2D eigenvalue weighted by Crippen LogP contribution is -2.24. The van der Waals surface area contributed by atoms with Gasteiger partial charge in [-0.15, -0.1) is 0 Å². The van der Waals surface area contributed by atoms with Gasteiger partial charge >= 0.3 is 0 Å². The molecular weight excluding hydrogens is 278 g/mol. The summed E-state index contributed by atoms with van der Waals surface area (Å²) in [6, 6.07) is 9.21. The van der Waals surface area contributed by atoms with Gasteiger partial charge in [0, 0.05) is 23.7 Å². The van der Waals surface area contributed by atoms with Crippen molar-refractivity contribution < 1.29 is 15.3 Å². The van der Waals surface area contributed by atoms with Crippen LogP contribution in [-0.4, -0.2) is 20.3 Å². The van der Waals surface area contributed by atoms with E-state index < -0.39 is 5.06 Å². The van der Waals surface area contributed by atoms with Crippen molar-refractivity contribution in [3.63, 3.8) is 0 Å². The number of aromatic hydroxyl groups is 1. The minimum atomic E-state index is -1.81. The maximum atomic E-state index is 10.5. The zero-order chi connectivity index (χ0) is 14.8. The highest BCUT2D eigenvalue weighted by Gasteiger charge is 2.33. The standard InChI is InChI=1S/C15H16ClNO3/c1-10-14(19)13(12(9-18)8-17-10)15(16,20)7-11-5-3-2-4-6-11/h2-6,8,18-20H,7,9H2,1H3. The van der Waals surface area contributed by atoms with Crippen LogP contribution in [0.15, 0.2) is 36.5 Å². The molecule has 4 nitrogen and oxygen atoms in total. The molecule has 1 aromatic carbocycles. The molecule has 0 amide bonds. The molecule has 0 radical (unpaired) electrons. The van der Waals surface area contributed by atoms with E-state index in [-0.39, 0.29) is 24.3 Å². The molecule has 0 aliphatic carbocycles. The normalized spacial score (nSPS) is 14.0. The number of nitrogens with zero attached hydrogens (tertiary/aromatic N) is 1. The van der Waals surface area contributed by atoms with Gasteiger partial charge in [0.2, 0.25) is 0 Å². The lowest BCUT2D eigenvalue weighted by atomic mass is 9.96. The van der Waals surface area contributed by atoms with Crippen molar-refractivity contribution in [1.29, 1.82) is 0 Å². The third-order valence-electron chi connectivity index (χ3n) is 3.15. The molecule has 106 valence electrons. The first-order valence-electron chi connectivity index (χ1n) is 6.19. The summed E-state index contributed by atoms with van der Waals surface area (Å²) in [5.41, 5.74) is 1.59. The number of aryl methyl sites for hydroxylation is 1. The Hall–Kier alpha value is -1.62.